The van der Waals surface area contributed by atoms with E-state index in [0.717, 1.165) is 0 Å². The number of aromatic hydroxyl groups is 1. The van der Waals surface area contributed by atoms with Crippen LogP contribution in [0.15, 0.2) is 30.3 Å². The Kier molecular flexibility index (Phi) is 7.39. The molecule has 0 fully saturated rings. The number of hydrogen-bond donors (Lipinski definition) is 4. The summed E-state index contributed by atoms with van der Waals surface area (Å²) < 4.78 is 17.3. The second-order valence-electron chi connectivity index (χ2n) is 7.07. The highest BCUT2D eigenvalue weighted by Crippen LogP contribution is 2.39. The SMILES string of the molecule is [B]c1cc(CP(C)(=O)O)cc([B])c1Oc1ccc(O)c(C(=O)NC(C)CC(=O)O)c1. The zero-order valence-electron chi connectivity index (χ0n) is 16.5. The molecule has 0 aromatic heterocycles. The van der Waals surface area contributed by atoms with Gasteiger partial charge in [0.2, 0.25) is 7.37 Å². The Bertz CT molecular complexity index is 999. The number of carboxylic acid groups (broad SMARTS) is 1. The zero-order chi connectivity index (χ0) is 22.6. The largest absolute Gasteiger partial charge is 0.507 e. The Hall–Kier alpha value is -2.70. The highest BCUT2D eigenvalue weighted by atomic mass is 31.2. The van der Waals surface area contributed by atoms with Crippen LogP contribution in [0.3, 0.4) is 0 Å². The fourth-order valence-corrected chi connectivity index (χ4v) is 3.64. The van der Waals surface area contributed by atoms with Gasteiger partial charge >= 0.3 is 5.97 Å². The van der Waals surface area contributed by atoms with E-state index in [0.29, 0.717) is 5.56 Å². The number of carboxylic acids is 1. The Morgan fingerprint density at radius 3 is 2.33 bits per heavy atom. The number of hydrogen-bond acceptors (Lipinski definition) is 5. The molecule has 2 aromatic carbocycles. The van der Waals surface area contributed by atoms with E-state index in [-0.39, 0.29) is 46.3 Å². The first-order valence-electron chi connectivity index (χ1n) is 8.86. The number of amides is 1. The van der Waals surface area contributed by atoms with Crippen LogP contribution in [-0.2, 0) is 15.5 Å². The van der Waals surface area contributed by atoms with Gasteiger partial charge in [0.05, 0.1) is 12.0 Å². The van der Waals surface area contributed by atoms with E-state index in [1.807, 2.05) is 0 Å². The normalized spacial score (nSPS) is 13.8. The molecular formula is C19H20B2NO7P. The van der Waals surface area contributed by atoms with Gasteiger partial charge < -0.3 is 25.2 Å². The van der Waals surface area contributed by atoms with Crippen molar-refractivity contribution in [3.8, 4) is 17.2 Å². The second-order valence-corrected chi connectivity index (χ2v) is 9.48. The van der Waals surface area contributed by atoms with E-state index in [2.05, 4.69) is 5.32 Å². The molecule has 2 atom stereocenters. The third kappa shape index (κ3) is 6.68. The van der Waals surface area contributed by atoms with Crippen molar-refractivity contribution >= 4 is 45.9 Å². The van der Waals surface area contributed by atoms with Crippen molar-refractivity contribution in [1.82, 2.24) is 5.32 Å². The third-order valence-electron chi connectivity index (χ3n) is 3.97. The van der Waals surface area contributed by atoms with Crippen molar-refractivity contribution in [1.29, 1.82) is 0 Å². The predicted octanol–water partition coefficient (Wildman–Crippen LogP) is 0.765. The molecule has 0 saturated heterocycles. The maximum atomic E-state index is 12.4. The van der Waals surface area contributed by atoms with Gasteiger partial charge in [-0.25, -0.2) is 0 Å². The van der Waals surface area contributed by atoms with Crippen LogP contribution in [0.4, 0.5) is 0 Å². The van der Waals surface area contributed by atoms with Gasteiger partial charge in [0.25, 0.3) is 5.91 Å². The first-order valence-corrected chi connectivity index (χ1v) is 11.2. The molecule has 2 unspecified atom stereocenters. The lowest BCUT2D eigenvalue weighted by Crippen LogP contribution is -2.34. The summed E-state index contributed by atoms with van der Waals surface area (Å²) in [5.74, 6) is -1.82. The molecule has 154 valence electrons. The van der Waals surface area contributed by atoms with Crippen LogP contribution in [0.2, 0.25) is 0 Å². The van der Waals surface area contributed by atoms with Crippen LogP contribution < -0.4 is 21.0 Å². The molecule has 0 heterocycles. The van der Waals surface area contributed by atoms with Crippen LogP contribution in [-0.4, -0.2) is 55.4 Å². The quantitative estimate of drug-likeness (QED) is 0.361. The highest BCUT2D eigenvalue weighted by molar-refractivity contribution is 7.56. The molecule has 0 aliphatic rings. The van der Waals surface area contributed by atoms with E-state index in [1.165, 1.54) is 43.9 Å². The van der Waals surface area contributed by atoms with Gasteiger partial charge in [0.15, 0.2) is 0 Å². The van der Waals surface area contributed by atoms with Crippen LogP contribution >= 0.6 is 7.37 Å². The van der Waals surface area contributed by atoms with Gasteiger partial charge in [-0.1, -0.05) is 23.1 Å². The molecule has 0 aliphatic carbocycles. The van der Waals surface area contributed by atoms with Crippen molar-refractivity contribution in [3.05, 3.63) is 41.5 Å². The summed E-state index contributed by atoms with van der Waals surface area (Å²) in [7, 11) is 8.62. The molecule has 4 N–H and O–H groups in total. The molecule has 11 heteroatoms. The number of benzene rings is 2. The predicted molar refractivity (Wildman–Crippen MR) is 114 cm³/mol. The second kappa shape index (κ2) is 9.41. The summed E-state index contributed by atoms with van der Waals surface area (Å²) in [4.78, 5) is 32.6. The summed E-state index contributed by atoms with van der Waals surface area (Å²) in [6, 6.07) is 6.19. The molecule has 2 rings (SSSR count). The number of rotatable bonds is 8. The van der Waals surface area contributed by atoms with Crippen LogP contribution in [0.1, 0.15) is 29.3 Å². The first-order chi connectivity index (χ1) is 13.9. The Morgan fingerprint density at radius 1 is 1.20 bits per heavy atom. The number of phenols is 1. The molecule has 0 spiro atoms. The molecule has 2 aromatic rings. The number of aliphatic carboxylic acids is 1. The topological polar surface area (TPSA) is 133 Å². The van der Waals surface area contributed by atoms with Crippen molar-refractivity contribution in [2.45, 2.75) is 25.5 Å². The number of phenolic OH excluding ortho intramolecular Hbond substituents is 1. The molecule has 1 amide bonds. The maximum Gasteiger partial charge on any atom is 0.305 e. The Labute approximate surface area is 176 Å². The molecule has 30 heavy (non-hydrogen) atoms. The number of carbonyl (C=O) groups excluding carboxylic acids is 1. The van der Waals surface area contributed by atoms with Crippen LogP contribution in [0.25, 0.3) is 0 Å². The van der Waals surface area contributed by atoms with E-state index >= 15 is 0 Å². The molecule has 0 bridgehead atoms. The van der Waals surface area contributed by atoms with Crippen molar-refractivity contribution < 1.29 is 34.0 Å². The average Bonchev–Trinajstić information content (AvgIpc) is 2.57. The monoisotopic (exact) mass is 427 g/mol. The molecule has 4 radical (unpaired) electrons. The molecule has 8 nitrogen and oxygen atoms in total. The average molecular weight is 427 g/mol. The van der Waals surface area contributed by atoms with Crippen molar-refractivity contribution in [2.24, 2.45) is 0 Å². The van der Waals surface area contributed by atoms with Crippen molar-refractivity contribution in [3.63, 3.8) is 0 Å². The lowest BCUT2D eigenvalue weighted by atomic mass is 9.84. The van der Waals surface area contributed by atoms with Gasteiger partial charge in [-0.15, -0.1) is 0 Å². The summed E-state index contributed by atoms with van der Waals surface area (Å²) in [5.41, 5.74) is 0.620. The minimum absolute atomic E-state index is 0.0962. The number of ether oxygens (including phenoxy) is 1. The van der Waals surface area contributed by atoms with E-state index in [9.17, 15) is 24.2 Å². The highest BCUT2D eigenvalue weighted by Gasteiger charge is 2.18. The van der Waals surface area contributed by atoms with Crippen LogP contribution in [0, 0.1) is 0 Å². The summed E-state index contributed by atoms with van der Waals surface area (Å²) in [6.45, 7) is 2.75. The van der Waals surface area contributed by atoms with E-state index in [4.69, 9.17) is 25.5 Å². The summed E-state index contributed by atoms with van der Waals surface area (Å²) in [5, 5.41) is 21.3. The standard InChI is InChI=1S/C19H20B2NO7P/c1-10(5-17(24)25)22-19(26)13-8-12(3-4-16(13)23)29-18-14(20)6-11(7-15(18)21)9-30(2,27)28/h3-4,6-8,10,23H,5,9H2,1-2H3,(H,22,26)(H,24,25)(H,27,28). The van der Waals surface area contributed by atoms with E-state index in [1.54, 1.807) is 0 Å². The van der Waals surface area contributed by atoms with Gasteiger partial charge in [-0.3, -0.25) is 14.2 Å². The Morgan fingerprint density at radius 2 is 1.80 bits per heavy atom. The van der Waals surface area contributed by atoms with Gasteiger partial charge in [0, 0.05) is 18.9 Å². The number of nitrogens with one attached hydrogen (secondary N) is 1. The Balaban J connectivity index is 2.26. The van der Waals surface area contributed by atoms with E-state index < -0.39 is 25.3 Å². The lowest BCUT2D eigenvalue weighted by Gasteiger charge is -2.17. The zero-order valence-corrected chi connectivity index (χ0v) is 17.3. The maximum absolute atomic E-state index is 12.4. The van der Waals surface area contributed by atoms with Crippen molar-refractivity contribution in [2.75, 3.05) is 6.66 Å². The lowest BCUT2D eigenvalue weighted by molar-refractivity contribution is -0.137. The van der Waals surface area contributed by atoms with Gasteiger partial charge in [0.1, 0.15) is 32.9 Å². The van der Waals surface area contributed by atoms with Gasteiger partial charge in [-0.05, 0) is 30.7 Å². The smallest absolute Gasteiger partial charge is 0.305 e. The minimum Gasteiger partial charge on any atom is -0.507 e. The molecular weight excluding hydrogens is 407 g/mol. The fourth-order valence-electron chi connectivity index (χ4n) is 2.78. The molecule has 0 saturated carbocycles. The number of carbonyl (C=O) groups is 2. The minimum atomic E-state index is -3.31. The third-order valence-corrected chi connectivity index (χ3v) is 4.92. The summed E-state index contributed by atoms with van der Waals surface area (Å²) >= 11 is 0. The molecule has 0 aliphatic heterocycles. The van der Waals surface area contributed by atoms with Gasteiger partial charge in [-0.2, -0.15) is 0 Å². The fraction of sp³-hybridized carbons (Fsp3) is 0.263. The first kappa shape index (κ1) is 23.6. The summed E-state index contributed by atoms with van der Waals surface area (Å²) in [6.07, 6.45) is -0.375. The van der Waals surface area contributed by atoms with Crippen LogP contribution in [0.5, 0.6) is 17.2 Å².